The molecule has 0 bridgehead atoms. The third kappa shape index (κ3) is 5.46. The number of nitrogens with two attached hydrogens (primary N) is 1. The maximum absolute atomic E-state index is 12.8. The van der Waals surface area contributed by atoms with Crippen LogP contribution >= 0.6 is 0 Å². The molecule has 1 aromatic carbocycles. The van der Waals surface area contributed by atoms with Crippen LogP contribution in [0.4, 0.5) is 5.69 Å². The molecule has 13 nitrogen and oxygen atoms in total. The van der Waals surface area contributed by atoms with E-state index in [4.69, 9.17) is 15.2 Å². The molecule has 31 heavy (non-hydrogen) atoms. The highest BCUT2D eigenvalue weighted by Crippen LogP contribution is 2.39. The van der Waals surface area contributed by atoms with Gasteiger partial charge in [0.05, 0.1) is 28.6 Å². The molecule has 3 N–H and O–H groups in total. The molecule has 0 saturated carbocycles. The van der Waals surface area contributed by atoms with Crippen LogP contribution in [0.25, 0.3) is 0 Å². The van der Waals surface area contributed by atoms with Gasteiger partial charge in [-0.3, -0.25) is 10.1 Å². The summed E-state index contributed by atoms with van der Waals surface area (Å²) in [5.74, 6) is -2.95. The maximum Gasteiger partial charge on any atom is 0.338 e. The number of rotatable bonds is 9. The molecule has 13 heteroatoms. The smallest absolute Gasteiger partial charge is 0.338 e. The third-order valence-corrected chi connectivity index (χ3v) is 4.24. The van der Waals surface area contributed by atoms with Gasteiger partial charge in [-0.2, -0.15) is 0 Å². The van der Waals surface area contributed by atoms with Crippen molar-refractivity contribution >= 4 is 17.6 Å². The number of nitro benzene ring substituents is 1. The van der Waals surface area contributed by atoms with E-state index in [1.165, 1.54) is 31.2 Å². The molecule has 1 aliphatic rings. The zero-order valence-electron chi connectivity index (χ0n) is 16.7. The van der Waals surface area contributed by atoms with E-state index in [1.807, 2.05) is 0 Å². The lowest BCUT2D eigenvalue weighted by molar-refractivity contribution is -0.757. The van der Waals surface area contributed by atoms with E-state index in [0.29, 0.717) is 0 Å². The summed E-state index contributed by atoms with van der Waals surface area (Å²) in [6, 6.07) is 5.35. The Labute approximate surface area is 175 Å². The van der Waals surface area contributed by atoms with Gasteiger partial charge in [-0.25, -0.2) is 9.59 Å². The fourth-order valence-electron chi connectivity index (χ4n) is 3.04. The fraction of sp³-hybridized carbons (Fsp3) is 0.333. The highest BCUT2D eigenvalue weighted by molar-refractivity contribution is 5.99. The summed E-state index contributed by atoms with van der Waals surface area (Å²) >= 11 is 0. The van der Waals surface area contributed by atoms with Gasteiger partial charge >= 0.3 is 11.9 Å². The Morgan fingerprint density at radius 1 is 1.13 bits per heavy atom. The molecular weight excluding hydrogens is 416 g/mol. The van der Waals surface area contributed by atoms with Crippen LogP contribution in [0.1, 0.15) is 25.3 Å². The van der Waals surface area contributed by atoms with Crippen molar-refractivity contribution in [3.05, 3.63) is 72.7 Å². The second kappa shape index (κ2) is 10.0. The van der Waals surface area contributed by atoms with Crippen molar-refractivity contribution in [3.8, 4) is 0 Å². The van der Waals surface area contributed by atoms with Gasteiger partial charge in [0, 0.05) is 17.8 Å². The molecule has 0 saturated heterocycles. The molecule has 1 atom stereocenters. The Balaban J connectivity index is 2.50. The topological polar surface area (TPSA) is 186 Å². The van der Waals surface area contributed by atoms with Gasteiger partial charge in [0.1, 0.15) is 19.0 Å². The summed E-state index contributed by atoms with van der Waals surface area (Å²) in [5.41, 5.74) is 6.02. The van der Waals surface area contributed by atoms with Gasteiger partial charge in [-0.15, -0.1) is 10.1 Å². The summed E-state index contributed by atoms with van der Waals surface area (Å²) in [5, 5.41) is 23.1. The first kappa shape index (κ1) is 23.1. The number of esters is 2. The second-order valence-electron chi connectivity index (χ2n) is 6.19. The number of nitrogens with zero attached hydrogens (tertiary/aromatic N) is 2. The third-order valence-electron chi connectivity index (χ3n) is 4.24. The number of non-ortho nitro benzene ring substituents is 1. The minimum absolute atomic E-state index is 0.0258. The minimum atomic E-state index is -1.14. The average Bonchev–Trinajstić information content (AvgIpc) is 2.70. The Hall–Kier alpha value is -4.16. The fourth-order valence-corrected chi connectivity index (χ4v) is 3.04. The number of carbonyl (C=O) groups excluding carboxylic acids is 2. The zero-order chi connectivity index (χ0) is 23.1. The monoisotopic (exact) mass is 436 g/mol. The van der Waals surface area contributed by atoms with E-state index in [2.05, 4.69) is 10.2 Å². The highest BCUT2D eigenvalue weighted by atomic mass is 17.0. The minimum Gasteiger partial charge on any atom is -0.463 e. The molecule has 0 amide bonds. The summed E-state index contributed by atoms with van der Waals surface area (Å²) in [6.45, 7) is 2.18. The van der Waals surface area contributed by atoms with Gasteiger partial charge in [0.2, 0.25) is 0 Å². The van der Waals surface area contributed by atoms with E-state index >= 15 is 0 Å². The molecule has 1 aliphatic heterocycles. The first-order chi connectivity index (χ1) is 14.7. The first-order valence-electron chi connectivity index (χ1n) is 9.00. The number of nitrogens with one attached hydrogen (secondary N) is 1. The Kier molecular flexibility index (Phi) is 7.49. The molecule has 1 heterocycles. The van der Waals surface area contributed by atoms with Crippen molar-refractivity contribution in [2.45, 2.75) is 19.8 Å². The zero-order valence-corrected chi connectivity index (χ0v) is 16.7. The number of hydrogen-bond donors (Lipinski definition) is 2. The van der Waals surface area contributed by atoms with E-state index in [9.17, 15) is 29.8 Å². The van der Waals surface area contributed by atoms with Crippen LogP contribution in [0.15, 0.2) is 46.9 Å². The molecule has 0 aromatic heterocycles. The van der Waals surface area contributed by atoms with Crippen molar-refractivity contribution in [2.24, 2.45) is 5.73 Å². The van der Waals surface area contributed by atoms with Crippen LogP contribution in [0.2, 0.25) is 0 Å². The standard InChI is InChI=1S/C18H20N4O9/c1-3-29-18(24)15-14(11-5-4-6-12(9-11)21(25)26)13(10(2)20-16(15)19)17(23)30-7-8-31-22(27)28/h4-6,9,14,20H,3,7-8,19H2,1-2H3. The molecule has 1 unspecified atom stereocenters. The SMILES string of the molecule is CCOC(=O)C1=C(N)NC(C)=C(C(=O)OCCO[N+](=O)[O-])C1c1cccc([N+](=O)[O-])c1. The number of allylic oxidation sites excluding steroid dienone is 1. The number of carbonyl (C=O) groups is 2. The Morgan fingerprint density at radius 2 is 1.81 bits per heavy atom. The molecule has 0 fully saturated rings. The largest absolute Gasteiger partial charge is 0.463 e. The quantitative estimate of drug-likeness (QED) is 0.244. The molecule has 0 radical (unpaired) electrons. The normalized spacial score (nSPS) is 15.7. The molecular formula is C18H20N4O9. The lowest BCUT2D eigenvalue weighted by Crippen LogP contribution is -2.36. The van der Waals surface area contributed by atoms with Crippen LogP contribution in [0, 0.1) is 20.2 Å². The van der Waals surface area contributed by atoms with Gasteiger partial charge in [0.25, 0.3) is 10.8 Å². The Morgan fingerprint density at radius 3 is 2.42 bits per heavy atom. The van der Waals surface area contributed by atoms with Crippen molar-refractivity contribution in [1.82, 2.24) is 5.32 Å². The molecule has 2 rings (SSSR count). The van der Waals surface area contributed by atoms with E-state index in [1.54, 1.807) is 6.92 Å². The molecule has 166 valence electrons. The lowest BCUT2D eigenvalue weighted by Gasteiger charge is -2.29. The molecule has 1 aromatic rings. The van der Waals surface area contributed by atoms with Crippen molar-refractivity contribution in [1.29, 1.82) is 0 Å². The van der Waals surface area contributed by atoms with E-state index in [0.717, 1.165) is 0 Å². The van der Waals surface area contributed by atoms with Crippen molar-refractivity contribution in [3.63, 3.8) is 0 Å². The number of nitro groups is 1. The van der Waals surface area contributed by atoms with Crippen LogP contribution < -0.4 is 11.1 Å². The number of hydrogen-bond acceptors (Lipinski definition) is 11. The summed E-state index contributed by atoms with van der Waals surface area (Å²) in [7, 11) is 0. The van der Waals surface area contributed by atoms with Gasteiger partial charge in [-0.1, -0.05) is 12.1 Å². The average molecular weight is 436 g/mol. The molecule has 0 spiro atoms. The van der Waals surface area contributed by atoms with Gasteiger partial charge in [0.15, 0.2) is 0 Å². The number of dihydropyridines is 1. The van der Waals surface area contributed by atoms with Crippen LogP contribution in [0.5, 0.6) is 0 Å². The summed E-state index contributed by atoms with van der Waals surface area (Å²) < 4.78 is 10.1. The summed E-state index contributed by atoms with van der Waals surface area (Å²) in [6.07, 6.45) is 0. The predicted octanol–water partition coefficient (Wildman–Crippen LogP) is 1.04. The van der Waals surface area contributed by atoms with E-state index in [-0.39, 0.29) is 40.5 Å². The van der Waals surface area contributed by atoms with Crippen LogP contribution in [-0.2, 0) is 23.9 Å². The first-order valence-corrected chi connectivity index (χ1v) is 9.00. The van der Waals surface area contributed by atoms with E-state index < -0.39 is 41.1 Å². The van der Waals surface area contributed by atoms with Crippen molar-refractivity contribution in [2.75, 3.05) is 19.8 Å². The van der Waals surface area contributed by atoms with Crippen LogP contribution in [-0.4, -0.2) is 41.8 Å². The summed E-state index contributed by atoms with van der Waals surface area (Å²) in [4.78, 5) is 50.3. The predicted molar refractivity (Wildman–Crippen MR) is 103 cm³/mol. The van der Waals surface area contributed by atoms with Crippen LogP contribution in [0.3, 0.4) is 0 Å². The van der Waals surface area contributed by atoms with Gasteiger partial charge < -0.3 is 25.4 Å². The highest BCUT2D eigenvalue weighted by Gasteiger charge is 2.39. The Bertz CT molecular complexity index is 971. The number of benzene rings is 1. The second-order valence-corrected chi connectivity index (χ2v) is 6.19. The lowest BCUT2D eigenvalue weighted by atomic mass is 9.81. The number of ether oxygens (including phenoxy) is 2. The maximum atomic E-state index is 12.8. The van der Waals surface area contributed by atoms with Gasteiger partial charge in [-0.05, 0) is 19.4 Å². The van der Waals surface area contributed by atoms with Crippen molar-refractivity contribution < 1.29 is 33.9 Å². The molecule has 0 aliphatic carbocycles.